The summed E-state index contributed by atoms with van der Waals surface area (Å²) in [5.74, 6) is -1.18. The van der Waals surface area contributed by atoms with Gasteiger partial charge in [0, 0.05) is 17.8 Å². The largest absolute Gasteiger partial charge is 0.507 e. The highest BCUT2D eigenvalue weighted by Crippen LogP contribution is 2.45. The summed E-state index contributed by atoms with van der Waals surface area (Å²) in [6.07, 6.45) is -1.86. The number of hydrogen-bond acceptors (Lipinski definition) is 4. The highest BCUT2D eigenvalue weighted by molar-refractivity contribution is 6.42. The maximum atomic E-state index is 13.3. The van der Waals surface area contributed by atoms with Gasteiger partial charge in [0.25, 0.3) is 0 Å². The van der Waals surface area contributed by atoms with Gasteiger partial charge in [-0.2, -0.15) is 13.2 Å². The van der Waals surface area contributed by atoms with Crippen LogP contribution in [0.1, 0.15) is 53.4 Å². The molecule has 0 unspecified atom stereocenters. The van der Waals surface area contributed by atoms with E-state index in [0.717, 1.165) is 24.3 Å². The van der Waals surface area contributed by atoms with E-state index in [-0.39, 0.29) is 22.4 Å². The minimum atomic E-state index is -4.80. The highest BCUT2D eigenvalue weighted by atomic mass is 35.5. The van der Waals surface area contributed by atoms with Crippen LogP contribution in [0.3, 0.4) is 0 Å². The number of carbonyl (C=O) groups is 1. The Labute approximate surface area is 174 Å². The molecule has 29 heavy (non-hydrogen) atoms. The summed E-state index contributed by atoms with van der Waals surface area (Å²) >= 11 is 12.0. The Morgan fingerprint density at radius 2 is 1.83 bits per heavy atom. The second-order valence-corrected chi connectivity index (χ2v) is 7.25. The van der Waals surface area contributed by atoms with Crippen LogP contribution in [0.4, 0.5) is 13.2 Å². The van der Waals surface area contributed by atoms with Crippen molar-refractivity contribution in [1.82, 2.24) is 4.98 Å². The van der Waals surface area contributed by atoms with Gasteiger partial charge in [-0.05, 0) is 55.0 Å². The summed E-state index contributed by atoms with van der Waals surface area (Å²) in [5.41, 5.74) is 0.276. The molecule has 0 aliphatic heterocycles. The summed E-state index contributed by atoms with van der Waals surface area (Å²) in [6.45, 7) is 1.44. The van der Waals surface area contributed by atoms with Crippen molar-refractivity contribution >= 4 is 40.3 Å². The lowest BCUT2D eigenvalue weighted by atomic mass is 9.96. The fourth-order valence-corrected chi connectivity index (χ4v) is 3.68. The van der Waals surface area contributed by atoms with Gasteiger partial charge in [0.15, 0.2) is 5.69 Å². The van der Waals surface area contributed by atoms with Crippen LogP contribution in [0.15, 0.2) is 24.4 Å². The lowest BCUT2D eigenvalue weighted by molar-refractivity contribution is -0.141. The van der Waals surface area contributed by atoms with Gasteiger partial charge in [0.1, 0.15) is 5.75 Å². The Morgan fingerprint density at radius 1 is 1.17 bits per heavy atom. The fraction of sp³-hybridized carbons (Fsp3) is 0.300. The summed E-state index contributed by atoms with van der Waals surface area (Å²) in [6, 6.07) is 3.98. The van der Waals surface area contributed by atoms with Gasteiger partial charge in [-0.1, -0.05) is 23.2 Å². The minimum Gasteiger partial charge on any atom is -0.507 e. The third-order valence-corrected chi connectivity index (χ3v) is 5.30. The molecule has 0 fully saturated rings. The summed E-state index contributed by atoms with van der Waals surface area (Å²) in [7, 11) is 0. The number of allylic oxidation sites excluding steroid dienone is 2. The zero-order valence-electron chi connectivity index (χ0n) is 15.2. The van der Waals surface area contributed by atoms with E-state index in [0.29, 0.717) is 29.5 Å². The molecule has 2 aromatic rings. The van der Waals surface area contributed by atoms with Crippen LogP contribution >= 0.6 is 23.2 Å². The Hall–Kier alpha value is -2.25. The van der Waals surface area contributed by atoms with Gasteiger partial charge in [-0.25, -0.2) is 4.79 Å². The number of aromatic hydroxyl groups is 1. The molecule has 9 heteroatoms. The Morgan fingerprint density at radius 3 is 2.48 bits per heavy atom. The number of aromatic nitrogens is 1. The molecule has 154 valence electrons. The smallest absolute Gasteiger partial charge is 0.434 e. The van der Waals surface area contributed by atoms with Crippen LogP contribution < -0.4 is 0 Å². The molecule has 0 amide bonds. The molecule has 0 atom stereocenters. The molecular formula is C20H16Cl2F3NO3. The van der Waals surface area contributed by atoms with Gasteiger partial charge in [-0.15, -0.1) is 0 Å². The SMILES string of the molecule is CCOC(=O)c1cc(C2=C(c3cc(Cl)c(Cl)cc3O)CCC2)cnc1C(F)(F)F. The first-order chi connectivity index (χ1) is 13.6. The van der Waals surface area contributed by atoms with Crippen LogP contribution in [0.5, 0.6) is 5.75 Å². The van der Waals surface area contributed by atoms with E-state index in [1.54, 1.807) is 0 Å². The van der Waals surface area contributed by atoms with E-state index in [1.165, 1.54) is 19.1 Å². The first-order valence-corrected chi connectivity index (χ1v) is 9.54. The molecule has 3 rings (SSSR count). The zero-order chi connectivity index (χ0) is 21.3. The van der Waals surface area contributed by atoms with Crippen LogP contribution in [0.25, 0.3) is 11.1 Å². The number of nitrogens with zero attached hydrogens (tertiary/aromatic N) is 1. The average Bonchev–Trinajstić information content (AvgIpc) is 3.13. The molecule has 0 saturated heterocycles. The van der Waals surface area contributed by atoms with Crippen molar-refractivity contribution in [3.05, 3.63) is 56.8 Å². The highest BCUT2D eigenvalue weighted by Gasteiger charge is 2.38. The van der Waals surface area contributed by atoms with Gasteiger partial charge in [0.05, 0.1) is 22.2 Å². The number of phenolic OH excluding ortho intramolecular Hbond substituents is 1. The molecule has 0 bridgehead atoms. The molecule has 1 aliphatic rings. The minimum absolute atomic E-state index is 0.0640. The Kier molecular flexibility index (Phi) is 6.10. The first-order valence-electron chi connectivity index (χ1n) is 8.78. The van der Waals surface area contributed by atoms with Crippen LogP contribution in [-0.2, 0) is 10.9 Å². The number of carbonyl (C=O) groups excluding carboxylic acids is 1. The lowest BCUT2D eigenvalue weighted by Crippen LogP contribution is -2.17. The van der Waals surface area contributed by atoms with Crippen molar-refractivity contribution < 1.29 is 27.8 Å². The molecule has 1 aromatic heterocycles. The summed E-state index contributed by atoms with van der Waals surface area (Å²) < 4.78 is 44.7. The number of esters is 1. The fourth-order valence-electron chi connectivity index (χ4n) is 3.36. The zero-order valence-corrected chi connectivity index (χ0v) is 16.8. The van der Waals surface area contributed by atoms with Gasteiger partial charge in [0.2, 0.25) is 0 Å². The Balaban J connectivity index is 2.16. The van der Waals surface area contributed by atoms with Crippen LogP contribution in [-0.4, -0.2) is 22.7 Å². The number of halogens is 5. The van der Waals surface area contributed by atoms with E-state index in [9.17, 15) is 23.1 Å². The molecule has 0 saturated carbocycles. The van der Waals surface area contributed by atoms with Gasteiger partial charge in [-0.3, -0.25) is 4.98 Å². The number of benzene rings is 1. The van der Waals surface area contributed by atoms with Crippen molar-refractivity contribution in [3.8, 4) is 5.75 Å². The third kappa shape index (κ3) is 4.36. The topological polar surface area (TPSA) is 59.4 Å². The molecule has 1 aromatic carbocycles. The maximum absolute atomic E-state index is 13.3. The molecule has 1 aliphatic carbocycles. The van der Waals surface area contributed by atoms with Gasteiger partial charge >= 0.3 is 12.1 Å². The molecular weight excluding hydrogens is 430 g/mol. The summed E-state index contributed by atoms with van der Waals surface area (Å²) in [5, 5.41) is 10.7. The van der Waals surface area contributed by atoms with Crippen molar-refractivity contribution in [2.24, 2.45) is 0 Å². The van der Waals surface area contributed by atoms with E-state index in [2.05, 4.69) is 4.98 Å². The van der Waals surface area contributed by atoms with Crippen molar-refractivity contribution in [2.75, 3.05) is 6.61 Å². The van der Waals surface area contributed by atoms with E-state index < -0.39 is 23.4 Å². The monoisotopic (exact) mass is 445 g/mol. The lowest BCUT2D eigenvalue weighted by Gasteiger charge is -2.15. The van der Waals surface area contributed by atoms with Crippen molar-refractivity contribution in [3.63, 3.8) is 0 Å². The number of alkyl halides is 3. The van der Waals surface area contributed by atoms with Crippen LogP contribution in [0, 0.1) is 0 Å². The number of pyridine rings is 1. The quantitative estimate of drug-likeness (QED) is 0.554. The number of rotatable bonds is 4. The van der Waals surface area contributed by atoms with E-state index in [4.69, 9.17) is 27.9 Å². The molecule has 0 radical (unpaired) electrons. The molecule has 4 nitrogen and oxygen atoms in total. The molecule has 0 spiro atoms. The maximum Gasteiger partial charge on any atom is 0.434 e. The van der Waals surface area contributed by atoms with Crippen molar-refractivity contribution in [2.45, 2.75) is 32.4 Å². The molecule has 1 N–H and O–H groups in total. The second kappa shape index (κ2) is 8.24. The summed E-state index contributed by atoms with van der Waals surface area (Å²) in [4.78, 5) is 15.6. The van der Waals surface area contributed by atoms with Crippen LogP contribution in [0.2, 0.25) is 10.0 Å². The number of hydrogen-bond donors (Lipinski definition) is 1. The van der Waals surface area contributed by atoms with Crippen molar-refractivity contribution in [1.29, 1.82) is 0 Å². The van der Waals surface area contributed by atoms with E-state index >= 15 is 0 Å². The second-order valence-electron chi connectivity index (χ2n) is 6.43. The number of ether oxygens (including phenoxy) is 1. The average molecular weight is 446 g/mol. The standard InChI is InChI=1S/C20H16Cl2F3NO3/c1-2-29-19(28)14-6-10(9-26-18(14)20(23,24)25)11-4-3-5-12(11)13-7-15(21)16(22)8-17(13)27/h6-9,27H,2-5H2,1H3. The molecule has 1 heterocycles. The van der Waals surface area contributed by atoms with Gasteiger partial charge < -0.3 is 9.84 Å². The Bertz CT molecular complexity index is 1000. The third-order valence-electron chi connectivity index (χ3n) is 4.58. The normalized spacial score (nSPS) is 14.4. The number of phenols is 1. The predicted molar refractivity (Wildman–Crippen MR) is 104 cm³/mol. The van der Waals surface area contributed by atoms with E-state index in [1.807, 2.05) is 0 Å². The predicted octanol–water partition coefficient (Wildman–Crippen LogP) is 6.38. The first kappa shape index (κ1) is 21.5.